The highest BCUT2D eigenvalue weighted by Crippen LogP contribution is 2.20. The van der Waals surface area contributed by atoms with Crippen molar-refractivity contribution in [1.29, 1.82) is 0 Å². The van der Waals surface area contributed by atoms with E-state index in [9.17, 15) is 9.18 Å². The molecule has 0 aliphatic rings. The topological polar surface area (TPSA) is 55.1 Å². The number of halogens is 2. The van der Waals surface area contributed by atoms with E-state index < -0.39 is 5.91 Å². The Labute approximate surface area is 121 Å². The molecule has 0 unspecified atom stereocenters. The number of carbonyl (C=O) groups is 1. The van der Waals surface area contributed by atoms with Crippen LogP contribution in [0.2, 0.25) is 5.02 Å². The van der Waals surface area contributed by atoms with Gasteiger partial charge >= 0.3 is 0 Å². The summed E-state index contributed by atoms with van der Waals surface area (Å²) >= 11 is 6.09. The number of rotatable bonds is 4. The molecule has 0 saturated heterocycles. The number of nitrogens with one attached hydrogen (secondary N) is 1. The molecular formula is C15H14ClFN2O. The summed E-state index contributed by atoms with van der Waals surface area (Å²) in [5, 5.41) is 3.62. The van der Waals surface area contributed by atoms with E-state index in [-0.39, 0.29) is 5.82 Å². The number of benzene rings is 2. The number of anilines is 1. The van der Waals surface area contributed by atoms with Gasteiger partial charge in [-0.05, 0) is 48.4 Å². The molecule has 0 heterocycles. The summed E-state index contributed by atoms with van der Waals surface area (Å²) in [5.74, 6) is -0.750. The van der Waals surface area contributed by atoms with E-state index in [0.717, 1.165) is 11.3 Å². The third-order valence-electron chi connectivity index (χ3n) is 2.98. The molecule has 5 heteroatoms. The van der Waals surface area contributed by atoms with Crippen molar-refractivity contribution in [3.63, 3.8) is 0 Å². The van der Waals surface area contributed by atoms with Gasteiger partial charge in [0.2, 0.25) is 5.91 Å². The van der Waals surface area contributed by atoms with Crippen LogP contribution in [0.25, 0.3) is 0 Å². The van der Waals surface area contributed by atoms with Gasteiger partial charge in [0.05, 0.1) is 0 Å². The summed E-state index contributed by atoms with van der Waals surface area (Å²) in [6.07, 6.45) is 0. The van der Waals surface area contributed by atoms with E-state index in [1.165, 1.54) is 12.1 Å². The second-order valence-corrected chi connectivity index (χ2v) is 4.90. The first-order chi connectivity index (χ1) is 9.47. The molecule has 0 saturated carbocycles. The SMILES string of the molecule is Cc1cc(NCc2ccc(C(N)=O)cc2Cl)ccc1F. The molecule has 2 aromatic carbocycles. The zero-order valence-electron chi connectivity index (χ0n) is 10.9. The van der Waals surface area contributed by atoms with Crippen LogP contribution in [0, 0.1) is 12.7 Å². The third-order valence-corrected chi connectivity index (χ3v) is 3.33. The lowest BCUT2D eigenvalue weighted by Gasteiger charge is -2.10. The first-order valence-corrected chi connectivity index (χ1v) is 6.43. The van der Waals surface area contributed by atoms with Crippen molar-refractivity contribution in [2.75, 3.05) is 5.32 Å². The minimum atomic E-state index is -0.513. The Hall–Kier alpha value is -2.07. The zero-order chi connectivity index (χ0) is 14.7. The fourth-order valence-electron chi connectivity index (χ4n) is 1.80. The minimum absolute atomic E-state index is 0.237. The predicted molar refractivity (Wildman–Crippen MR) is 78.4 cm³/mol. The van der Waals surface area contributed by atoms with E-state index in [1.54, 1.807) is 31.2 Å². The molecular weight excluding hydrogens is 279 g/mol. The molecule has 1 amide bonds. The second kappa shape index (κ2) is 5.92. The lowest BCUT2D eigenvalue weighted by atomic mass is 10.1. The van der Waals surface area contributed by atoms with Crippen molar-refractivity contribution in [1.82, 2.24) is 0 Å². The summed E-state index contributed by atoms with van der Waals surface area (Å²) in [4.78, 5) is 11.0. The molecule has 104 valence electrons. The fourth-order valence-corrected chi connectivity index (χ4v) is 2.04. The highest BCUT2D eigenvalue weighted by molar-refractivity contribution is 6.31. The lowest BCUT2D eigenvalue weighted by molar-refractivity contribution is 0.100. The van der Waals surface area contributed by atoms with E-state index in [0.29, 0.717) is 22.7 Å². The van der Waals surface area contributed by atoms with Gasteiger partial charge in [0, 0.05) is 22.8 Å². The Balaban J connectivity index is 2.10. The van der Waals surface area contributed by atoms with E-state index in [4.69, 9.17) is 17.3 Å². The van der Waals surface area contributed by atoms with Crippen LogP contribution in [0.1, 0.15) is 21.5 Å². The molecule has 0 aliphatic carbocycles. The monoisotopic (exact) mass is 292 g/mol. The fraction of sp³-hybridized carbons (Fsp3) is 0.133. The van der Waals surface area contributed by atoms with Gasteiger partial charge in [-0.15, -0.1) is 0 Å². The maximum atomic E-state index is 13.2. The highest BCUT2D eigenvalue weighted by Gasteiger charge is 2.06. The third kappa shape index (κ3) is 3.27. The van der Waals surface area contributed by atoms with Crippen LogP contribution in [0.3, 0.4) is 0 Å². The Morgan fingerprint density at radius 3 is 2.65 bits per heavy atom. The van der Waals surface area contributed by atoms with Crippen LogP contribution >= 0.6 is 11.6 Å². The summed E-state index contributed by atoms with van der Waals surface area (Å²) in [6.45, 7) is 2.18. The molecule has 2 rings (SSSR count). The quantitative estimate of drug-likeness (QED) is 0.906. The van der Waals surface area contributed by atoms with Gasteiger partial charge in [-0.1, -0.05) is 17.7 Å². The van der Waals surface area contributed by atoms with E-state index >= 15 is 0 Å². The largest absolute Gasteiger partial charge is 0.381 e. The van der Waals surface area contributed by atoms with Crippen molar-refractivity contribution in [3.05, 3.63) is 63.9 Å². The maximum absolute atomic E-state index is 13.2. The van der Waals surface area contributed by atoms with Crippen molar-refractivity contribution >= 4 is 23.2 Å². The molecule has 0 atom stereocenters. The Bertz CT molecular complexity index is 658. The molecule has 20 heavy (non-hydrogen) atoms. The van der Waals surface area contributed by atoms with Crippen molar-refractivity contribution in [2.45, 2.75) is 13.5 Å². The highest BCUT2D eigenvalue weighted by atomic mass is 35.5. The summed E-state index contributed by atoms with van der Waals surface area (Å²) in [7, 11) is 0. The molecule has 0 spiro atoms. The van der Waals surface area contributed by atoms with Gasteiger partial charge in [0.25, 0.3) is 0 Å². The van der Waals surface area contributed by atoms with Gasteiger partial charge in [0.15, 0.2) is 0 Å². The molecule has 0 bridgehead atoms. The zero-order valence-corrected chi connectivity index (χ0v) is 11.7. The molecule has 0 radical (unpaired) electrons. The summed E-state index contributed by atoms with van der Waals surface area (Å²) < 4.78 is 13.2. The summed E-state index contributed by atoms with van der Waals surface area (Å²) in [6, 6.07) is 9.70. The summed E-state index contributed by atoms with van der Waals surface area (Å²) in [5.41, 5.74) is 7.76. The van der Waals surface area contributed by atoms with Gasteiger partial charge < -0.3 is 11.1 Å². The van der Waals surface area contributed by atoms with Crippen LogP contribution < -0.4 is 11.1 Å². The van der Waals surface area contributed by atoms with Gasteiger partial charge in [-0.3, -0.25) is 4.79 Å². The molecule has 3 N–H and O–H groups in total. The van der Waals surface area contributed by atoms with Crippen LogP contribution in [0.4, 0.5) is 10.1 Å². The molecule has 2 aromatic rings. The normalized spacial score (nSPS) is 10.3. The number of nitrogens with two attached hydrogens (primary N) is 1. The average molecular weight is 293 g/mol. The molecule has 0 aromatic heterocycles. The second-order valence-electron chi connectivity index (χ2n) is 4.49. The Morgan fingerprint density at radius 1 is 1.30 bits per heavy atom. The molecule has 3 nitrogen and oxygen atoms in total. The van der Waals surface area contributed by atoms with Gasteiger partial charge in [0.1, 0.15) is 5.82 Å². The maximum Gasteiger partial charge on any atom is 0.248 e. The number of primary amides is 1. The van der Waals surface area contributed by atoms with Gasteiger partial charge in [-0.25, -0.2) is 4.39 Å². The first-order valence-electron chi connectivity index (χ1n) is 6.05. The van der Waals surface area contributed by atoms with E-state index in [2.05, 4.69) is 5.32 Å². The van der Waals surface area contributed by atoms with E-state index in [1.807, 2.05) is 0 Å². The number of aryl methyl sites for hydroxylation is 1. The first kappa shape index (κ1) is 14.3. The van der Waals surface area contributed by atoms with Crippen molar-refractivity contribution in [3.8, 4) is 0 Å². The standard InChI is InChI=1S/C15H14ClFN2O/c1-9-6-12(4-5-14(9)17)19-8-11-3-2-10(15(18)20)7-13(11)16/h2-7,19H,8H2,1H3,(H2,18,20). The number of amides is 1. The predicted octanol–water partition coefficient (Wildman–Crippen LogP) is 3.50. The number of hydrogen-bond acceptors (Lipinski definition) is 2. The van der Waals surface area contributed by atoms with Crippen LogP contribution in [0.15, 0.2) is 36.4 Å². The molecule has 0 aliphatic heterocycles. The lowest BCUT2D eigenvalue weighted by Crippen LogP contribution is -2.11. The van der Waals surface area contributed by atoms with Crippen LogP contribution in [0.5, 0.6) is 0 Å². The number of carbonyl (C=O) groups excluding carboxylic acids is 1. The molecule has 0 fully saturated rings. The van der Waals surface area contributed by atoms with Crippen LogP contribution in [-0.2, 0) is 6.54 Å². The van der Waals surface area contributed by atoms with Gasteiger partial charge in [-0.2, -0.15) is 0 Å². The minimum Gasteiger partial charge on any atom is -0.381 e. The van der Waals surface area contributed by atoms with Crippen LogP contribution in [-0.4, -0.2) is 5.91 Å². The Morgan fingerprint density at radius 2 is 2.05 bits per heavy atom. The van der Waals surface area contributed by atoms with Crippen molar-refractivity contribution < 1.29 is 9.18 Å². The average Bonchev–Trinajstić information content (AvgIpc) is 2.41. The van der Waals surface area contributed by atoms with Crippen molar-refractivity contribution in [2.24, 2.45) is 5.73 Å². The smallest absolute Gasteiger partial charge is 0.248 e. The number of hydrogen-bond donors (Lipinski definition) is 2. The Kier molecular flexibility index (Phi) is 4.25.